The van der Waals surface area contributed by atoms with Gasteiger partial charge in [0.05, 0.1) is 31.7 Å². The third-order valence-corrected chi connectivity index (χ3v) is 9.91. The predicted molar refractivity (Wildman–Crippen MR) is 177 cm³/mol. The van der Waals surface area contributed by atoms with Gasteiger partial charge in [0.2, 0.25) is 11.8 Å². The zero-order valence-corrected chi connectivity index (χ0v) is 26.5. The molecular formula is C39H32FNO7. The highest BCUT2D eigenvalue weighted by Gasteiger charge is 2.56. The third kappa shape index (κ3) is 4.97. The Bertz CT molecular complexity index is 2040. The second-order valence-corrected chi connectivity index (χ2v) is 12.5. The van der Waals surface area contributed by atoms with E-state index in [1.807, 2.05) is 48.6 Å². The van der Waals surface area contributed by atoms with Crippen LogP contribution in [0.5, 0.6) is 17.2 Å². The van der Waals surface area contributed by atoms with Gasteiger partial charge in [-0.25, -0.2) is 4.39 Å². The number of allylic oxidation sites excluding steroid dienone is 6. The van der Waals surface area contributed by atoms with Gasteiger partial charge in [0.15, 0.2) is 23.1 Å². The standard InChI is InChI=1S/C39H32FNO7/c1-20-16-32(43)36-29(37(20)44)19-28-26(34(36)23-8-14-31(42)30(40)18-23)12-13-27-35(28)39(46)41(38(27)45)24-9-5-21(6-10-24)4-7-22-17-25(47-2)11-15-33(22)48-3/h4-12,14-18,27-28,34-35,42H,13,19H2,1-3H3. The number of hydrogen-bond acceptors (Lipinski definition) is 7. The highest BCUT2D eigenvalue weighted by Crippen LogP contribution is 2.55. The van der Waals surface area contributed by atoms with Crippen LogP contribution in [0.15, 0.2) is 95.1 Å². The molecule has 3 aromatic carbocycles. The second-order valence-electron chi connectivity index (χ2n) is 12.5. The van der Waals surface area contributed by atoms with E-state index in [2.05, 4.69) is 0 Å². The molecule has 1 heterocycles. The molecule has 9 heteroatoms. The van der Waals surface area contributed by atoms with Crippen molar-refractivity contribution >= 4 is 41.2 Å². The van der Waals surface area contributed by atoms with E-state index in [9.17, 15) is 28.7 Å². The van der Waals surface area contributed by atoms with Crippen LogP contribution in [0, 0.1) is 23.6 Å². The van der Waals surface area contributed by atoms with Gasteiger partial charge in [-0.1, -0.05) is 42.0 Å². The van der Waals surface area contributed by atoms with Crippen molar-refractivity contribution in [2.24, 2.45) is 17.8 Å². The van der Waals surface area contributed by atoms with E-state index in [1.54, 1.807) is 33.3 Å². The maximum absolute atomic E-state index is 14.6. The fourth-order valence-electron chi connectivity index (χ4n) is 7.61. The number of imide groups is 1. The van der Waals surface area contributed by atoms with Crippen molar-refractivity contribution in [3.05, 3.63) is 118 Å². The number of amides is 2. The van der Waals surface area contributed by atoms with Crippen LogP contribution in [0.2, 0.25) is 0 Å². The van der Waals surface area contributed by atoms with Crippen molar-refractivity contribution in [2.45, 2.75) is 25.7 Å². The van der Waals surface area contributed by atoms with Gasteiger partial charge in [-0.2, -0.15) is 0 Å². The number of nitrogens with zero attached hydrogens (tertiary/aromatic N) is 1. The van der Waals surface area contributed by atoms with Crippen molar-refractivity contribution in [3.8, 4) is 17.2 Å². The SMILES string of the molecule is COc1ccc(OC)c(C=Cc2ccc(N3C(=O)C4CC=C5C(c6ccc(O)c(F)c6)C6=C(CC5C4C3=O)C(=O)C(C)=CC6=O)cc2)c1. The molecule has 48 heavy (non-hydrogen) atoms. The number of rotatable bonds is 6. The first kappa shape index (κ1) is 31.1. The number of phenolic OH excluding ortho intramolecular Hbond substituents is 1. The van der Waals surface area contributed by atoms with E-state index >= 15 is 0 Å². The minimum absolute atomic E-state index is 0.124. The molecule has 1 fully saturated rings. The fraction of sp³-hybridized carbons (Fsp3) is 0.231. The van der Waals surface area contributed by atoms with Gasteiger partial charge in [-0.3, -0.25) is 24.1 Å². The van der Waals surface area contributed by atoms with Crippen LogP contribution in [0.4, 0.5) is 10.1 Å². The summed E-state index contributed by atoms with van der Waals surface area (Å²) < 4.78 is 25.4. The molecular weight excluding hydrogens is 613 g/mol. The molecule has 1 N–H and O–H groups in total. The molecule has 8 nitrogen and oxygen atoms in total. The van der Waals surface area contributed by atoms with Gasteiger partial charge >= 0.3 is 0 Å². The number of ether oxygens (including phenoxy) is 2. The van der Waals surface area contributed by atoms with Crippen molar-refractivity contribution in [1.82, 2.24) is 0 Å². The lowest BCUT2D eigenvalue weighted by atomic mass is 9.59. The Labute approximate surface area is 276 Å². The molecule has 4 aliphatic rings. The highest BCUT2D eigenvalue weighted by atomic mass is 19.1. The highest BCUT2D eigenvalue weighted by molar-refractivity contribution is 6.25. The van der Waals surface area contributed by atoms with E-state index in [4.69, 9.17) is 9.47 Å². The van der Waals surface area contributed by atoms with E-state index < -0.39 is 35.2 Å². The zero-order valence-electron chi connectivity index (χ0n) is 26.5. The Morgan fingerprint density at radius 2 is 1.67 bits per heavy atom. The minimum Gasteiger partial charge on any atom is -0.505 e. The van der Waals surface area contributed by atoms with Crippen LogP contribution in [0.3, 0.4) is 0 Å². The third-order valence-electron chi connectivity index (χ3n) is 9.91. The molecule has 0 saturated carbocycles. The summed E-state index contributed by atoms with van der Waals surface area (Å²) in [5, 5.41) is 9.87. The fourth-order valence-corrected chi connectivity index (χ4v) is 7.61. The van der Waals surface area contributed by atoms with Crippen molar-refractivity contribution in [1.29, 1.82) is 0 Å². The van der Waals surface area contributed by atoms with Crippen molar-refractivity contribution in [2.75, 3.05) is 19.1 Å². The summed E-state index contributed by atoms with van der Waals surface area (Å²) in [6.45, 7) is 1.58. The Hall–Kier alpha value is -5.57. The molecule has 0 aromatic heterocycles. The molecule has 0 spiro atoms. The topological polar surface area (TPSA) is 110 Å². The predicted octanol–water partition coefficient (Wildman–Crippen LogP) is 6.35. The van der Waals surface area contributed by atoms with E-state index in [1.165, 1.54) is 23.1 Å². The molecule has 1 aliphatic heterocycles. The summed E-state index contributed by atoms with van der Waals surface area (Å²) in [5.41, 5.74) is 4.06. The number of fused-ring (bicyclic) bond motifs is 3. The summed E-state index contributed by atoms with van der Waals surface area (Å²) in [4.78, 5) is 56.1. The van der Waals surface area contributed by atoms with Gasteiger partial charge < -0.3 is 14.6 Å². The van der Waals surface area contributed by atoms with Crippen LogP contribution >= 0.6 is 0 Å². The first-order valence-electron chi connectivity index (χ1n) is 15.7. The number of Topliss-reactive ketones (excluding diaryl/α,β-unsaturated/α-hetero) is 1. The Morgan fingerprint density at radius 3 is 2.38 bits per heavy atom. The zero-order chi connectivity index (χ0) is 33.9. The summed E-state index contributed by atoms with van der Waals surface area (Å²) in [7, 11) is 3.18. The molecule has 3 aliphatic carbocycles. The number of anilines is 1. The average molecular weight is 646 g/mol. The summed E-state index contributed by atoms with van der Waals surface area (Å²) in [5.74, 6) is -4.08. The number of carbonyl (C=O) groups excluding carboxylic acids is 4. The van der Waals surface area contributed by atoms with Gasteiger partial charge in [0.1, 0.15) is 11.5 Å². The lowest BCUT2D eigenvalue weighted by molar-refractivity contribution is -0.123. The van der Waals surface area contributed by atoms with Gasteiger partial charge in [0, 0.05) is 28.2 Å². The lowest BCUT2D eigenvalue weighted by Gasteiger charge is -2.42. The van der Waals surface area contributed by atoms with Crippen LogP contribution in [0.1, 0.15) is 42.4 Å². The van der Waals surface area contributed by atoms with Crippen molar-refractivity contribution in [3.63, 3.8) is 0 Å². The maximum atomic E-state index is 14.6. The molecule has 0 bridgehead atoms. The van der Waals surface area contributed by atoms with Gasteiger partial charge in [-0.15, -0.1) is 0 Å². The summed E-state index contributed by atoms with van der Waals surface area (Å²) in [6, 6.07) is 16.5. The first-order valence-corrected chi connectivity index (χ1v) is 15.7. The second kappa shape index (κ2) is 11.9. The van der Waals surface area contributed by atoms with Crippen LogP contribution in [-0.4, -0.2) is 42.7 Å². The summed E-state index contributed by atoms with van der Waals surface area (Å²) >= 11 is 0. The van der Waals surface area contributed by atoms with Gasteiger partial charge in [-0.05, 0) is 85.4 Å². The summed E-state index contributed by atoms with van der Waals surface area (Å²) in [6.07, 6.45) is 7.35. The molecule has 2 amide bonds. The molecule has 1 saturated heterocycles. The number of methoxy groups -OCH3 is 2. The van der Waals surface area contributed by atoms with Gasteiger partial charge in [0.25, 0.3) is 0 Å². The molecule has 4 unspecified atom stereocenters. The lowest BCUT2D eigenvalue weighted by Crippen LogP contribution is -2.39. The number of hydrogen-bond donors (Lipinski definition) is 1. The van der Waals surface area contributed by atoms with Crippen molar-refractivity contribution < 1.29 is 38.1 Å². The molecule has 3 aromatic rings. The van der Waals surface area contributed by atoms with Crippen LogP contribution in [0.25, 0.3) is 12.2 Å². The maximum Gasteiger partial charge on any atom is 0.238 e. The molecule has 0 radical (unpaired) electrons. The molecule has 242 valence electrons. The number of benzene rings is 3. The minimum atomic E-state index is -0.855. The number of carbonyl (C=O) groups is 4. The number of halogens is 1. The Balaban J connectivity index is 1.21. The number of ketones is 2. The average Bonchev–Trinajstić information content (AvgIpc) is 3.35. The Morgan fingerprint density at radius 1 is 0.896 bits per heavy atom. The smallest absolute Gasteiger partial charge is 0.238 e. The van der Waals surface area contributed by atoms with E-state index in [0.717, 1.165) is 17.2 Å². The normalized spacial score (nSPS) is 23.5. The van der Waals surface area contributed by atoms with Crippen LogP contribution < -0.4 is 14.4 Å². The molecule has 4 atom stereocenters. The number of aromatic hydroxyl groups is 1. The van der Waals surface area contributed by atoms with Crippen LogP contribution in [-0.2, 0) is 19.2 Å². The largest absolute Gasteiger partial charge is 0.505 e. The number of phenols is 1. The Kier molecular flexibility index (Phi) is 7.70. The van der Waals surface area contributed by atoms with E-state index in [-0.39, 0.29) is 41.8 Å². The first-order chi connectivity index (χ1) is 23.1. The van der Waals surface area contributed by atoms with E-state index in [0.29, 0.717) is 39.5 Å². The molecule has 7 rings (SSSR count). The monoisotopic (exact) mass is 645 g/mol. The quantitative estimate of drug-likeness (QED) is 0.144.